The first-order chi connectivity index (χ1) is 16.0. The van der Waals surface area contributed by atoms with Crippen LogP contribution in [0.25, 0.3) is 0 Å². The van der Waals surface area contributed by atoms with E-state index in [4.69, 9.17) is 21.4 Å². The maximum Gasteiger partial charge on any atom is 0.295 e. The van der Waals surface area contributed by atoms with Crippen molar-refractivity contribution in [1.82, 2.24) is 15.0 Å². The van der Waals surface area contributed by atoms with E-state index in [1.54, 1.807) is 47.7 Å². The lowest BCUT2D eigenvalue weighted by Crippen LogP contribution is -2.49. The molecule has 33 heavy (non-hydrogen) atoms. The van der Waals surface area contributed by atoms with Gasteiger partial charge in [0.15, 0.2) is 5.82 Å². The zero-order valence-corrected chi connectivity index (χ0v) is 19.1. The largest absolute Gasteiger partial charge is 0.431 e. The van der Waals surface area contributed by atoms with E-state index in [-0.39, 0.29) is 11.9 Å². The third-order valence-corrected chi connectivity index (χ3v) is 6.10. The Morgan fingerprint density at radius 1 is 1.15 bits per heavy atom. The lowest BCUT2D eigenvalue weighted by molar-refractivity contribution is -0.182. The highest BCUT2D eigenvalue weighted by Crippen LogP contribution is 2.51. The molecule has 2 heterocycles. The van der Waals surface area contributed by atoms with Crippen molar-refractivity contribution in [3.8, 4) is 0 Å². The Morgan fingerprint density at radius 2 is 1.82 bits per heavy atom. The summed E-state index contributed by atoms with van der Waals surface area (Å²) in [6.45, 7) is 4.42. The van der Waals surface area contributed by atoms with Crippen LogP contribution in [0.5, 0.6) is 0 Å². The predicted molar refractivity (Wildman–Crippen MR) is 124 cm³/mol. The summed E-state index contributed by atoms with van der Waals surface area (Å²) < 4.78 is 19.7. The molecule has 0 fully saturated rings. The van der Waals surface area contributed by atoms with Crippen LogP contribution in [0.1, 0.15) is 55.6 Å². The van der Waals surface area contributed by atoms with Crippen LogP contribution < -0.4 is 0 Å². The van der Waals surface area contributed by atoms with E-state index in [1.807, 2.05) is 19.1 Å². The molecule has 0 bridgehead atoms. The van der Waals surface area contributed by atoms with Crippen LogP contribution >= 0.6 is 11.6 Å². The first-order valence-electron chi connectivity index (χ1n) is 10.8. The van der Waals surface area contributed by atoms with Gasteiger partial charge in [-0.1, -0.05) is 49.2 Å². The molecule has 1 aliphatic heterocycles. The molecule has 3 unspecified atom stereocenters. The van der Waals surface area contributed by atoms with Crippen molar-refractivity contribution >= 4 is 23.8 Å². The van der Waals surface area contributed by atoms with Crippen LogP contribution in [0.2, 0.25) is 5.02 Å². The minimum atomic E-state index is -1.45. The van der Waals surface area contributed by atoms with Gasteiger partial charge in [-0.3, -0.25) is 4.79 Å². The molecular formula is C25H24ClFN4O2. The van der Waals surface area contributed by atoms with E-state index < -0.39 is 11.6 Å². The summed E-state index contributed by atoms with van der Waals surface area (Å²) in [4.78, 5) is 20.9. The molecule has 0 N–H and O–H groups in total. The lowest BCUT2D eigenvalue weighted by Gasteiger charge is -2.41. The highest BCUT2D eigenvalue weighted by molar-refractivity contribution is 6.30. The Labute approximate surface area is 197 Å². The second-order valence-corrected chi connectivity index (χ2v) is 8.32. The molecule has 0 amide bonds. The Hall–Kier alpha value is -3.32. The Morgan fingerprint density at radius 3 is 2.42 bits per heavy atom. The highest BCUT2D eigenvalue weighted by Gasteiger charge is 2.58. The Bertz CT molecular complexity index is 1130. The number of benzene rings is 2. The summed E-state index contributed by atoms with van der Waals surface area (Å²) >= 11 is 6.10. The molecule has 8 heteroatoms. The average molecular weight is 467 g/mol. The fourth-order valence-corrected chi connectivity index (χ4v) is 4.50. The van der Waals surface area contributed by atoms with E-state index in [0.717, 1.165) is 23.3 Å². The summed E-state index contributed by atoms with van der Waals surface area (Å²) in [5, 5.41) is 7.33. The number of aromatic nitrogens is 2. The maximum atomic E-state index is 13.8. The number of nitrogens with zero attached hydrogens (tertiary/aromatic N) is 4. The van der Waals surface area contributed by atoms with E-state index in [0.29, 0.717) is 23.7 Å². The first-order valence-corrected chi connectivity index (χ1v) is 11.2. The summed E-state index contributed by atoms with van der Waals surface area (Å²) in [5.74, 6) is -0.586. The number of hydrogen-bond donors (Lipinski definition) is 0. The molecular weight excluding hydrogens is 443 g/mol. The van der Waals surface area contributed by atoms with E-state index in [9.17, 15) is 9.18 Å². The highest BCUT2D eigenvalue weighted by atomic mass is 35.5. The third kappa shape index (κ3) is 4.20. The summed E-state index contributed by atoms with van der Waals surface area (Å²) in [6, 6.07) is 15.0. The summed E-state index contributed by atoms with van der Waals surface area (Å²) in [5.41, 5.74) is 1.03. The number of rotatable bonds is 8. The van der Waals surface area contributed by atoms with Crippen LogP contribution in [0.3, 0.4) is 0 Å². The van der Waals surface area contributed by atoms with Crippen LogP contribution in [0.4, 0.5) is 4.39 Å². The molecule has 170 valence electrons. The van der Waals surface area contributed by atoms with E-state index in [2.05, 4.69) is 16.9 Å². The molecule has 3 atom stereocenters. The van der Waals surface area contributed by atoms with Crippen molar-refractivity contribution in [2.45, 2.75) is 44.4 Å². The summed E-state index contributed by atoms with van der Waals surface area (Å²) in [7, 11) is 0. The molecule has 1 aliphatic rings. The van der Waals surface area contributed by atoms with Gasteiger partial charge < -0.3 is 4.74 Å². The Balaban J connectivity index is 1.95. The fraction of sp³-hybridized carbons (Fsp3) is 0.280. The number of hydrogen-bond acceptors (Lipinski definition) is 6. The number of carbonyl (C=O) groups excluding carboxylic acids is 1. The van der Waals surface area contributed by atoms with Gasteiger partial charge >= 0.3 is 0 Å². The molecule has 2 aromatic carbocycles. The van der Waals surface area contributed by atoms with Crippen LogP contribution in [0.15, 0.2) is 72.1 Å². The molecule has 0 spiro atoms. The molecule has 0 radical (unpaired) electrons. The lowest BCUT2D eigenvalue weighted by atomic mass is 9.82. The van der Waals surface area contributed by atoms with Crippen LogP contribution in [-0.4, -0.2) is 27.2 Å². The monoisotopic (exact) mass is 466 g/mol. The van der Waals surface area contributed by atoms with Gasteiger partial charge in [0.25, 0.3) is 12.2 Å². The van der Waals surface area contributed by atoms with Gasteiger partial charge in [0.2, 0.25) is 0 Å². The Kier molecular flexibility index (Phi) is 6.70. The fourth-order valence-electron chi connectivity index (χ4n) is 4.37. The second kappa shape index (κ2) is 9.67. The molecule has 6 nitrogen and oxygen atoms in total. The second-order valence-electron chi connectivity index (χ2n) is 7.88. The number of halogens is 2. The smallest absolute Gasteiger partial charge is 0.295 e. The van der Waals surface area contributed by atoms with Gasteiger partial charge in [0, 0.05) is 17.4 Å². The quantitative estimate of drug-likeness (QED) is 0.403. The molecule has 1 aromatic heterocycles. The minimum Gasteiger partial charge on any atom is -0.431 e. The van der Waals surface area contributed by atoms with Gasteiger partial charge in [-0.15, -0.1) is 0 Å². The van der Waals surface area contributed by atoms with Gasteiger partial charge in [-0.2, -0.15) is 5.10 Å². The van der Waals surface area contributed by atoms with Gasteiger partial charge in [0.1, 0.15) is 5.82 Å². The van der Waals surface area contributed by atoms with Crippen LogP contribution in [0, 0.1) is 5.82 Å². The molecule has 0 saturated heterocycles. The number of ether oxygens (including phenoxy) is 1. The van der Waals surface area contributed by atoms with Crippen molar-refractivity contribution in [2.75, 3.05) is 0 Å². The number of carbonyl (C=O) groups is 1. The molecule has 4 rings (SSSR count). The van der Waals surface area contributed by atoms with E-state index >= 15 is 0 Å². The minimum absolute atomic E-state index is 0.294. The van der Waals surface area contributed by atoms with E-state index in [1.165, 1.54) is 12.1 Å². The zero-order chi connectivity index (χ0) is 23.4. The molecule has 0 saturated carbocycles. The normalized spacial score (nSPS) is 20.9. The standard InChI is InChI=1S/C25H24ClFN4O2/c1-3-5-22-23(19-8-12-21(27)13-9-19)25(33-16-32,24-28-14-4-15-29-24)31(30-22)17(2)18-6-10-20(26)11-7-18/h4,6-17,23H,3,5H2,1-2H3. The van der Waals surface area contributed by atoms with Crippen molar-refractivity contribution in [2.24, 2.45) is 5.10 Å². The number of hydrazone groups is 1. The summed E-state index contributed by atoms with van der Waals surface area (Å²) in [6.07, 6.45) is 4.68. The van der Waals surface area contributed by atoms with Crippen molar-refractivity contribution < 1.29 is 13.9 Å². The first kappa shape index (κ1) is 22.9. The van der Waals surface area contributed by atoms with Gasteiger partial charge in [0.05, 0.1) is 17.7 Å². The van der Waals surface area contributed by atoms with Gasteiger partial charge in [-0.05, 0) is 54.8 Å². The SMILES string of the molecule is CCCC1=NN(C(C)c2ccc(Cl)cc2)C(OC=O)(c2ncccn2)C1c1ccc(F)cc1. The van der Waals surface area contributed by atoms with Gasteiger partial charge in [-0.25, -0.2) is 19.4 Å². The maximum absolute atomic E-state index is 13.8. The van der Waals surface area contributed by atoms with Crippen molar-refractivity contribution in [1.29, 1.82) is 0 Å². The van der Waals surface area contributed by atoms with Crippen LogP contribution in [-0.2, 0) is 15.3 Å². The molecule has 0 aliphatic carbocycles. The molecule has 3 aromatic rings. The average Bonchev–Trinajstić information content (AvgIpc) is 3.15. The zero-order valence-electron chi connectivity index (χ0n) is 18.4. The third-order valence-electron chi connectivity index (χ3n) is 5.84. The topological polar surface area (TPSA) is 67.7 Å². The van der Waals surface area contributed by atoms with Crippen molar-refractivity contribution in [3.05, 3.63) is 94.8 Å². The van der Waals surface area contributed by atoms with Crippen molar-refractivity contribution in [3.63, 3.8) is 0 Å². The predicted octanol–water partition coefficient (Wildman–Crippen LogP) is 5.61.